The molecule has 1 fully saturated rings. The number of pyridine rings is 1. The van der Waals surface area contributed by atoms with Crippen LogP contribution in [0.5, 0.6) is 11.5 Å². The molecule has 2 rings (SSSR count). The van der Waals surface area contributed by atoms with Crippen LogP contribution in [0.2, 0.25) is 0 Å². The van der Waals surface area contributed by atoms with Crippen LogP contribution in [0.3, 0.4) is 0 Å². The molecule has 0 aromatic carbocycles. The largest absolute Gasteiger partial charge is 0.493 e. The first-order valence-electron chi connectivity index (χ1n) is 6.84. The van der Waals surface area contributed by atoms with Crippen LogP contribution in [-0.4, -0.2) is 50.3 Å². The number of likely N-dealkylation sites (tertiary alicyclic amines) is 1. The van der Waals surface area contributed by atoms with Gasteiger partial charge in [0, 0.05) is 31.9 Å². The number of hydrogen-bond donors (Lipinski definition) is 1. The Hall–Kier alpha value is -1.33. The summed E-state index contributed by atoms with van der Waals surface area (Å²) >= 11 is 0. The summed E-state index contributed by atoms with van der Waals surface area (Å²) in [7, 11) is 3.29. The highest BCUT2D eigenvalue weighted by Gasteiger charge is 2.12. The monoisotopic (exact) mass is 265 g/mol. The van der Waals surface area contributed by atoms with Gasteiger partial charge in [-0.15, -0.1) is 0 Å². The van der Waals surface area contributed by atoms with Crippen LogP contribution in [-0.2, 0) is 6.54 Å². The lowest BCUT2D eigenvalue weighted by Gasteiger charge is -2.15. The second-order valence-electron chi connectivity index (χ2n) is 4.72. The molecule has 5 nitrogen and oxygen atoms in total. The predicted octanol–water partition coefficient (Wildman–Crippen LogP) is 1.28. The molecule has 0 aliphatic carbocycles. The number of hydrogen-bond acceptors (Lipinski definition) is 5. The van der Waals surface area contributed by atoms with Gasteiger partial charge >= 0.3 is 0 Å². The van der Waals surface area contributed by atoms with E-state index in [1.807, 2.05) is 6.07 Å². The molecular formula is C14H23N3O2. The molecule has 2 heterocycles. The number of rotatable bonds is 7. The first kappa shape index (κ1) is 14.1. The van der Waals surface area contributed by atoms with Crippen molar-refractivity contribution in [3.63, 3.8) is 0 Å². The van der Waals surface area contributed by atoms with Gasteiger partial charge in [-0.3, -0.25) is 4.98 Å². The first-order chi connectivity index (χ1) is 9.35. The fourth-order valence-corrected chi connectivity index (χ4v) is 2.43. The number of methoxy groups -OCH3 is 2. The van der Waals surface area contributed by atoms with Gasteiger partial charge in [0.1, 0.15) is 0 Å². The Balaban J connectivity index is 1.81. The molecule has 0 spiro atoms. The van der Waals surface area contributed by atoms with Crippen LogP contribution >= 0.6 is 0 Å². The first-order valence-corrected chi connectivity index (χ1v) is 6.84. The maximum Gasteiger partial charge on any atom is 0.183 e. The van der Waals surface area contributed by atoms with Crippen molar-refractivity contribution < 1.29 is 9.47 Å². The molecule has 0 atom stereocenters. The second kappa shape index (κ2) is 7.31. The van der Waals surface area contributed by atoms with Gasteiger partial charge in [-0.05, 0) is 25.9 Å². The molecule has 1 aliphatic rings. The molecule has 0 amide bonds. The Bertz CT molecular complexity index is 392. The van der Waals surface area contributed by atoms with Crippen LogP contribution in [0.1, 0.15) is 18.5 Å². The van der Waals surface area contributed by atoms with Gasteiger partial charge in [0.2, 0.25) is 0 Å². The van der Waals surface area contributed by atoms with E-state index in [1.165, 1.54) is 25.9 Å². The van der Waals surface area contributed by atoms with Crippen molar-refractivity contribution in [3.8, 4) is 11.5 Å². The van der Waals surface area contributed by atoms with Crippen molar-refractivity contribution in [3.05, 3.63) is 18.0 Å². The molecule has 1 saturated heterocycles. The molecule has 0 unspecified atom stereocenters. The highest BCUT2D eigenvalue weighted by Crippen LogP contribution is 2.28. The van der Waals surface area contributed by atoms with E-state index < -0.39 is 0 Å². The second-order valence-corrected chi connectivity index (χ2v) is 4.72. The van der Waals surface area contributed by atoms with Crippen molar-refractivity contribution >= 4 is 0 Å². The highest BCUT2D eigenvalue weighted by atomic mass is 16.5. The Kier molecular flexibility index (Phi) is 5.42. The normalized spacial score (nSPS) is 15.7. The van der Waals surface area contributed by atoms with Crippen molar-refractivity contribution in [2.75, 3.05) is 40.4 Å². The fourth-order valence-electron chi connectivity index (χ4n) is 2.43. The minimum Gasteiger partial charge on any atom is -0.493 e. The van der Waals surface area contributed by atoms with Crippen LogP contribution < -0.4 is 14.8 Å². The number of aromatic nitrogens is 1. The molecule has 5 heteroatoms. The smallest absolute Gasteiger partial charge is 0.183 e. The van der Waals surface area contributed by atoms with Crippen LogP contribution in [0.15, 0.2) is 12.3 Å². The van der Waals surface area contributed by atoms with Crippen LogP contribution in [0.25, 0.3) is 0 Å². The van der Waals surface area contributed by atoms with E-state index >= 15 is 0 Å². The summed E-state index contributed by atoms with van der Waals surface area (Å²) in [6.07, 6.45) is 4.43. The van der Waals surface area contributed by atoms with Crippen LogP contribution in [0, 0.1) is 0 Å². The summed E-state index contributed by atoms with van der Waals surface area (Å²) in [6, 6.07) is 1.81. The van der Waals surface area contributed by atoms with Gasteiger partial charge in [-0.25, -0.2) is 0 Å². The Morgan fingerprint density at radius 1 is 1.26 bits per heavy atom. The standard InChI is InChI=1S/C14H23N3O2/c1-18-13-5-6-16-12(14(13)19-2)11-15-7-10-17-8-3-4-9-17/h5-6,15H,3-4,7-11H2,1-2H3. The molecule has 106 valence electrons. The molecule has 0 saturated carbocycles. The van der Waals surface area contributed by atoms with Crippen molar-refractivity contribution in [1.82, 2.24) is 15.2 Å². The minimum atomic E-state index is 0.703. The third-order valence-corrected chi connectivity index (χ3v) is 3.46. The molecule has 1 aliphatic heterocycles. The van der Waals surface area contributed by atoms with Crippen molar-refractivity contribution in [1.29, 1.82) is 0 Å². The maximum absolute atomic E-state index is 5.36. The molecule has 1 aromatic heterocycles. The number of nitrogens with one attached hydrogen (secondary N) is 1. The van der Waals surface area contributed by atoms with Gasteiger partial charge < -0.3 is 19.7 Å². The summed E-state index contributed by atoms with van der Waals surface area (Å²) in [5.74, 6) is 1.45. The van der Waals surface area contributed by atoms with Gasteiger partial charge in [0.05, 0.1) is 19.9 Å². The third-order valence-electron chi connectivity index (χ3n) is 3.46. The zero-order valence-corrected chi connectivity index (χ0v) is 11.8. The van der Waals surface area contributed by atoms with Crippen LogP contribution in [0.4, 0.5) is 0 Å². The van der Waals surface area contributed by atoms with Gasteiger partial charge in [0.15, 0.2) is 11.5 Å². The van der Waals surface area contributed by atoms with Crippen molar-refractivity contribution in [2.24, 2.45) is 0 Å². The number of nitrogens with zero attached hydrogens (tertiary/aromatic N) is 2. The van der Waals surface area contributed by atoms with E-state index in [1.54, 1.807) is 20.4 Å². The third kappa shape index (κ3) is 3.81. The topological polar surface area (TPSA) is 46.6 Å². The maximum atomic E-state index is 5.36. The van der Waals surface area contributed by atoms with Gasteiger partial charge in [0.25, 0.3) is 0 Å². The zero-order chi connectivity index (χ0) is 13.5. The van der Waals surface area contributed by atoms with Gasteiger partial charge in [-0.1, -0.05) is 0 Å². The summed E-state index contributed by atoms with van der Waals surface area (Å²) in [6.45, 7) is 5.26. The molecule has 0 bridgehead atoms. The average Bonchev–Trinajstić information content (AvgIpc) is 2.96. The fraction of sp³-hybridized carbons (Fsp3) is 0.643. The molecule has 1 aromatic rings. The summed E-state index contributed by atoms with van der Waals surface area (Å²) in [5.41, 5.74) is 0.892. The van der Waals surface area contributed by atoms with E-state index in [0.29, 0.717) is 6.54 Å². The summed E-state index contributed by atoms with van der Waals surface area (Å²) < 4.78 is 10.6. The number of ether oxygens (including phenoxy) is 2. The lowest BCUT2D eigenvalue weighted by atomic mass is 10.3. The van der Waals surface area contributed by atoms with Gasteiger partial charge in [-0.2, -0.15) is 0 Å². The van der Waals surface area contributed by atoms with E-state index in [0.717, 1.165) is 30.3 Å². The Labute approximate surface area is 114 Å². The van der Waals surface area contributed by atoms with E-state index in [2.05, 4.69) is 15.2 Å². The Morgan fingerprint density at radius 3 is 2.74 bits per heavy atom. The predicted molar refractivity (Wildman–Crippen MR) is 74.7 cm³/mol. The van der Waals surface area contributed by atoms with E-state index in [4.69, 9.17) is 9.47 Å². The Morgan fingerprint density at radius 2 is 2.05 bits per heavy atom. The van der Waals surface area contributed by atoms with E-state index in [9.17, 15) is 0 Å². The molecular weight excluding hydrogens is 242 g/mol. The minimum absolute atomic E-state index is 0.703. The highest BCUT2D eigenvalue weighted by molar-refractivity contribution is 5.42. The summed E-state index contributed by atoms with van der Waals surface area (Å²) in [4.78, 5) is 6.84. The summed E-state index contributed by atoms with van der Waals surface area (Å²) in [5, 5.41) is 3.41. The quantitative estimate of drug-likeness (QED) is 0.753. The van der Waals surface area contributed by atoms with Crippen molar-refractivity contribution in [2.45, 2.75) is 19.4 Å². The zero-order valence-electron chi connectivity index (χ0n) is 11.8. The average molecular weight is 265 g/mol. The van der Waals surface area contributed by atoms with E-state index in [-0.39, 0.29) is 0 Å². The molecule has 0 radical (unpaired) electrons. The molecule has 19 heavy (non-hydrogen) atoms. The molecule has 1 N–H and O–H groups in total. The lowest BCUT2D eigenvalue weighted by Crippen LogP contribution is -2.29. The lowest BCUT2D eigenvalue weighted by molar-refractivity contribution is 0.331. The SMILES string of the molecule is COc1ccnc(CNCCN2CCCC2)c1OC.